The fraction of sp³-hybridized carbons (Fsp3) is 0.533. The van der Waals surface area contributed by atoms with Crippen LogP contribution >= 0.6 is 0 Å². The molecule has 0 amide bonds. The molecule has 1 unspecified atom stereocenters. The summed E-state index contributed by atoms with van der Waals surface area (Å²) >= 11 is 0. The van der Waals surface area contributed by atoms with Crippen LogP contribution < -0.4 is 0 Å². The van der Waals surface area contributed by atoms with Crippen molar-refractivity contribution in [2.75, 3.05) is 27.1 Å². The van der Waals surface area contributed by atoms with Gasteiger partial charge in [0.05, 0.1) is 12.5 Å². The van der Waals surface area contributed by atoms with Gasteiger partial charge in [0.25, 0.3) is 0 Å². The van der Waals surface area contributed by atoms with Gasteiger partial charge >= 0.3 is 5.97 Å². The molecule has 0 spiro atoms. The summed E-state index contributed by atoms with van der Waals surface area (Å²) in [6.07, 6.45) is 0.458. The Morgan fingerprint density at radius 2 is 2.11 bits per heavy atom. The van der Waals surface area contributed by atoms with Gasteiger partial charge < -0.3 is 9.64 Å². The molecule has 1 aromatic carbocycles. The second-order valence-corrected chi connectivity index (χ2v) is 4.08. The normalized spacial score (nSPS) is 18.8. The lowest BCUT2D eigenvalue weighted by Gasteiger charge is -2.18. The second kappa shape index (κ2) is 7.88. The number of carbonyl (C=O) groups is 1. The largest absolute Gasteiger partial charge is 0.466 e. The van der Waals surface area contributed by atoms with E-state index in [2.05, 4.69) is 0 Å². The number of rotatable bonds is 7. The van der Waals surface area contributed by atoms with Gasteiger partial charge in [-0.25, -0.2) is 0 Å². The zero-order chi connectivity index (χ0) is 18.4. The first-order chi connectivity index (χ1) is 11.1. The Morgan fingerprint density at radius 3 is 2.72 bits per heavy atom. The van der Waals surface area contributed by atoms with E-state index in [9.17, 15) is 4.79 Å². The molecule has 0 radical (unpaired) electrons. The van der Waals surface area contributed by atoms with Gasteiger partial charge in [-0.1, -0.05) is 30.3 Å². The summed E-state index contributed by atoms with van der Waals surface area (Å²) in [6, 6.07) is 9.26. The maximum atomic E-state index is 12.1. The van der Waals surface area contributed by atoms with Crippen molar-refractivity contribution in [2.45, 2.75) is 19.8 Å². The summed E-state index contributed by atoms with van der Waals surface area (Å²) in [5.74, 6) is -1.04. The van der Waals surface area contributed by atoms with Gasteiger partial charge in [0.1, 0.15) is 0 Å². The van der Waals surface area contributed by atoms with Crippen molar-refractivity contribution < 1.29 is 17.8 Å². The second-order valence-electron chi connectivity index (χ2n) is 4.08. The highest BCUT2D eigenvalue weighted by atomic mass is 16.5. The summed E-state index contributed by atoms with van der Waals surface area (Å²) < 4.78 is 49.3. The number of carbonyl (C=O) groups excluding carboxylic acids is 1. The molecule has 0 aromatic heterocycles. The Labute approximate surface area is 118 Å². The third-order valence-electron chi connectivity index (χ3n) is 2.65. The van der Waals surface area contributed by atoms with Crippen LogP contribution in [0.15, 0.2) is 30.3 Å². The molecular formula is C15H23NO2. The minimum atomic E-state index is -2.75. The van der Waals surface area contributed by atoms with Crippen LogP contribution in [-0.2, 0) is 16.0 Å². The van der Waals surface area contributed by atoms with E-state index in [1.807, 2.05) is 30.3 Å². The standard InChI is InChI=1S/C15H23NO2/c1-4-18-15(17)14(10-11-16(2)3)12-13-8-6-5-7-9-13/h5-9,14H,4,10-12H2,1-3H3/i2D3,3D3. The Kier molecular flexibility index (Phi) is 3.48. The van der Waals surface area contributed by atoms with Gasteiger partial charge in [-0.2, -0.15) is 0 Å². The first kappa shape index (κ1) is 7.95. The predicted octanol–water partition coefficient (Wildman–Crippen LogP) is 2.36. The smallest absolute Gasteiger partial charge is 0.309 e. The topological polar surface area (TPSA) is 29.5 Å². The molecule has 0 fully saturated rings. The molecule has 0 heterocycles. The van der Waals surface area contributed by atoms with Crippen LogP contribution in [-0.4, -0.2) is 38.0 Å². The Morgan fingerprint density at radius 1 is 1.39 bits per heavy atom. The molecular weight excluding hydrogens is 226 g/mol. The molecule has 0 saturated heterocycles. The Bertz CT molecular complexity index is 501. The quantitative estimate of drug-likeness (QED) is 0.701. The lowest BCUT2D eigenvalue weighted by atomic mass is 9.96. The number of benzene rings is 1. The number of hydrogen-bond donors (Lipinski definition) is 0. The van der Waals surface area contributed by atoms with Crippen LogP contribution in [0.5, 0.6) is 0 Å². The third-order valence-corrected chi connectivity index (χ3v) is 2.65. The molecule has 18 heavy (non-hydrogen) atoms. The number of ether oxygens (including phenoxy) is 1. The minimum Gasteiger partial charge on any atom is -0.466 e. The van der Waals surface area contributed by atoms with Gasteiger partial charge in [-0.3, -0.25) is 4.79 Å². The zero-order valence-corrected chi connectivity index (χ0v) is 10.6. The lowest BCUT2D eigenvalue weighted by molar-refractivity contribution is -0.148. The Balaban J connectivity index is 2.86. The van der Waals surface area contributed by atoms with Crippen molar-refractivity contribution in [3.63, 3.8) is 0 Å². The summed E-state index contributed by atoms with van der Waals surface area (Å²) in [5.41, 5.74) is 0.907. The average molecular weight is 255 g/mol. The zero-order valence-electron chi connectivity index (χ0n) is 16.6. The third kappa shape index (κ3) is 5.32. The van der Waals surface area contributed by atoms with Crippen LogP contribution in [0.3, 0.4) is 0 Å². The first-order valence-electron chi connectivity index (χ1n) is 9.04. The predicted molar refractivity (Wildman–Crippen MR) is 73.4 cm³/mol. The maximum Gasteiger partial charge on any atom is 0.309 e. The minimum absolute atomic E-state index is 0.0878. The molecule has 1 atom stereocenters. The molecule has 1 aromatic rings. The molecule has 3 heteroatoms. The highest BCUT2D eigenvalue weighted by molar-refractivity contribution is 5.72. The summed E-state index contributed by atoms with van der Waals surface area (Å²) in [7, 11) is 0. The SMILES string of the molecule is [2H]C([2H])([2H])N(CCC(Cc1ccccc1)C(=O)OCC)C([2H])([2H])[2H]. The maximum absolute atomic E-state index is 12.1. The van der Waals surface area contributed by atoms with E-state index in [1.165, 1.54) is 0 Å². The van der Waals surface area contributed by atoms with Gasteiger partial charge in [0.2, 0.25) is 0 Å². The van der Waals surface area contributed by atoms with E-state index in [0.29, 0.717) is 11.3 Å². The fourth-order valence-electron chi connectivity index (χ4n) is 1.75. The van der Waals surface area contributed by atoms with Crippen molar-refractivity contribution in [1.82, 2.24) is 4.90 Å². The van der Waals surface area contributed by atoms with E-state index in [1.54, 1.807) is 6.92 Å². The summed E-state index contributed by atoms with van der Waals surface area (Å²) in [6.45, 7) is -3.85. The van der Waals surface area contributed by atoms with Gasteiger partial charge in [-0.15, -0.1) is 0 Å². The van der Waals surface area contributed by atoms with Crippen molar-refractivity contribution in [1.29, 1.82) is 0 Å². The van der Waals surface area contributed by atoms with Crippen molar-refractivity contribution in [3.8, 4) is 0 Å². The van der Waals surface area contributed by atoms with Crippen LogP contribution in [0.2, 0.25) is 0 Å². The fourth-order valence-corrected chi connectivity index (χ4v) is 1.75. The van der Waals surface area contributed by atoms with Crippen LogP contribution in [0.1, 0.15) is 27.1 Å². The van der Waals surface area contributed by atoms with Gasteiger partial charge in [-0.05, 0) is 45.8 Å². The number of hydrogen-bond acceptors (Lipinski definition) is 3. The molecule has 0 N–H and O–H groups in total. The van der Waals surface area contributed by atoms with E-state index >= 15 is 0 Å². The van der Waals surface area contributed by atoms with E-state index in [-0.39, 0.29) is 19.6 Å². The van der Waals surface area contributed by atoms with E-state index in [4.69, 9.17) is 13.0 Å². The molecule has 0 bridgehead atoms. The lowest BCUT2D eigenvalue weighted by Crippen LogP contribution is -2.25. The number of nitrogens with zero attached hydrogens (tertiary/aromatic N) is 1. The highest BCUT2D eigenvalue weighted by Crippen LogP contribution is 2.14. The van der Waals surface area contributed by atoms with Gasteiger partial charge in [0, 0.05) is 8.22 Å². The van der Waals surface area contributed by atoms with Crippen molar-refractivity contribution in [2.24, 2.45) is 5.92 Å². The monoisotopic (exact) mass is 255 g/mol. The van der Waals surface area contributed by atoms with Gasteiger partial charge in [0.15, 0.2) is 0 Å². The van der Waals surface area contributed by atoms with Crippen molar-refractivity contribution >= 4 is 5.97 Å². The van der Waals surface area contributed by atoms with Crippen molar-refractivity contribution in [3.05, 3.63) is 35.9 Å². The van der Waals surface area contributed by atoms with Crippen LogP contribution in [0.25, 0.3) is 0 Å². The highest BCUT2D eigenvalue weighted by Gasteiger charge is 2.20. The average Bonchev–Trinajstić information content (AvgIpc) is 2.44. The molecule has 1 rings (SSSR count). The number of esters is 1. The first-order valence-corrected chi connectivity index (χ1v) is 6.04. The molecule has 0 aliphatic heterocycles. The van der Waals surface area contributed by atoms with Crippen LogP contribution in [0.4, 0.5) is 0 Å². The molecule has 0 aliphatic carbocycles. The van der Waals surface area contributed by atoms with E-state index < -0.39 is 25.8 Å². The molecule has 0 aliphatic rings. The van der Waals surface area contributed by atoms with Crippen LogP contribution in [0, 0.1) is 5.92 Å². The molecule has 0 saturated carbocycles. The molecule has 3 nitrogen and oxygen atoms in total. The van der Waals surface area contributed by atoms with E-state index in [0.717, 1.165) is 5.56 Å². The Hall–Kier alpha value is -1.35. The molecule has 100 valence electrons. The summed E-state index contributed by atoms with van der Waals surface area (Å²) in [4.78, 5) is 12.6. The summed E-state index contributed by atoms with van der Waals surface area (Å²) in [5, 5.41) is 0.